The monoisotopic (exact) mass is 508 g/mol. The predicted molar refractivity (Wildman–Crippen MR) is 128 cm³/mol. The number of nitrogens with zero attached hydrogens (tertiary/aromatic N) is 1. The largest absolute Gasteiger partial charge is 0.482 e. The van der Waals surface area contributed by atoms with Gasteiger partial charge in [-0.25, -0.2) is 0 Å². The van der Waals surface area contributed by atoms with Gasteiger partial charge in [0.15, 0.2) is 6.61 Å². The van der Waals surface area contributed by atoms with E-state index in [-0.39, 0.29) is 24.5 Å². The van der Waals surface area contributed by atoms with Crippen LogP contribution in [0.3, 0.4) is 0 Å². The third kappa shape index (κ3) is 7.54. The molecule has 2 amide bonds. The van der Waals surface area contributed by atoms with Gasteiger partial charge >= 0.3 is 0 Å². The smallest absolute Gasteiger partial charge is 0.261 e. The van der Waals surface area contributed by atoms with E-state index in [1.165, 1.54) is 0 Å². The van der Waals surface area contributed by atoms with Crippen molar-refractivity contribution in [2.45, 2.75) is 59.2 Å². The summed E-state index contributed by atoms with van der Waals surface area (Å²) >= 11 is 9.56. The molecular formula is C24H30BrClN2O3. The van der Waals surface area contributed by atoms with Crippen molar-refractivity contribution in [1.82, 2.24) is 10.2 Å². The van der Waals surface area contributed by atoms with Crippen LogP contribution < -0.4 is 10.1 Å². The molecule has 0 aliphatic heterocycles. The Kier molecular flexibility index (Phi) is 9.85. The number of aryl methyl sites for hydroxylation is 1. The zero-order chi connectivity index (χ0) is 23.0. The second-order valence-corrected chi connectivity index (χ2v) is 8.94. The van der Waals surface area contributed by atoms with E-state index in [1.54, 1.807) is 23.1 Å². The van der Waals surface area contributed by atoms with Crippen molar-refractivity contribution in [2.24, 2.45) is 0 Å². The van der Waals surface area contributed by atoms with Gasteiger partial charge in [0.2, 0.25) is 5.91 Å². The average Bonchev–Trinajstić information content (AvgIpc) is 2.72. The Morgan fingerprint density at radius 1 is 1.16 bits per heavy atom. The summed E-state index contributed by atoms with van der Waals surface area (Å²) in [4.78, 5) is 27.7. The Morgan fingerprint density at radius 2 is 1.90 bits per heavy atom. The molecule has 0 aliphatic carbocycles. The molecule has 5 nitrogen and oxygen atoms in total. The minimum Gasteiger partial charge on any atom is -0.482 e. The number of benzene rings is 2. The first-order valence-electron chi connectivity index (χ1n) is 10.5. The summed E-state index contributed by atoms with van der Waals surface area (Å²) in [5.74, 6) is -0.00278. The fourth-order valence-electron chi connectivity index (χ4n) is 3.18. The summed E-state index contributed by atoms with van der Waals surface area (Å²) in [6.07, 6.45) is 1.32. The maximum atomic E-state index is 13.2. The molecule has 0 heterocycles. The Balaban J connectivity index is 2.23. The van der Waals surface area contributed by atoms with E-state index in [0.717, 1.165) is 22.0 Å². The van der Waals surface area contributed by atoms with Crippen molar-refractivity contribution in [1.29, 1.82) is 0 Å². The molecular weight excluding hydrogens is 480 g/mol. The standard InChI is InChI=1S/C24H30BrClN2O3/c1-5-17(4)27-24(30)21(6-2)28(14-18-9-7-8-16(3)12-18)23(29)15-31-22-11-10-19(25)13-20(22)26/h7-13,17,21H,5-6,14-15H2,1-4H3,(H,27,30). The zero-order valence-electron chi connectivity index (χ0n) is 18.5. The average molecular weight is 510 g/mol. The predicted octanol–water partition coefficient (Wildman–Crippen LogP) is 5.51. The van der Waals surface area contributed by atoms with Gasteiger partial charge < -0.3 is 15.0 Å². The van der Waals surface area contributed by atoms with E-state index in [9.17, 15) is 9.59 Å². The second kappa shape index (κ2) is 12.1. The summed E-state index contributed by atoms with van der Waals surface area (Å²) in [6, 6.07) is 12.6. The van der Waals surface area contributed by atoms with Gasteiger partial charge in [-0.3, -0.25) is 9.59 Å². The highest BCUT2D eigenvalue weighted by atomic mass is 79.9. The molecule has 0 bridgehead atoms. The zero-order valence-corrected chi connectivity index (χ0v) is 20.8. The first-order chi connectivity index (χ1) is 14.7. The van der Waals surface area contributed by atoms with E-state index in [2.05, 4.69) is 21.2 Å². The molecule has 0 saturated heterocycles. The summed E-state index contributed by atoms with van der Waals surface area (Å²) in [6.45, 7) is 7.99. The topological polar surface area (TPSA) is 58.6 Å². The molecule has 0 radical (unpaired) electrons. The summed E-state index contributed by atoms with van der Waals surface area (Å²) in [5, 5.41) is 3.41. The highest BCUT2D eigenvalue weighted by Crippen LogP contribution is 2.28. The third-order valence-corrected chi connectivity index (χ3v) is 5.86. The summed E-state index contributed by atoms with van der Waals surface area (Å²) in [5.41, 5.74) is 2.06. The van der Waals surface area contributed by atoms with Crippen LogP contribution in [0, 0.1) is 6.92 Å². The number of hydrogen-bond donors (Lipinski definition) is 1. The summed E-state index contributed by atoms with van der Waals surface area (Å²) in [7, 11) is 0. The van der Waals surface area contributed by atoms with Crippen LogP contribution in [0.2, 0.25) is 5.02 Å². The minimum atomic E-state index is -0.592. The van der Waals surface area contributed by atoms with Gasteiger partial charge in [0, 0.05) is 17.1 Å². The Morgan fingerprint density at radius 3 is 2.52 bits per heavy atom. The van der Waals surface area contributed by atoms with Crippen molar-refractivity contribution < 1.29 is 14.3 Å². The lowest BCUT2D eigenvalue weighted by atomic mass is 10.1. The van der Waals surface area contributed by atoms with Crippen molar-refractivity contribution in [3.8, 4) is 5.75 Å². The summed E-state index contributed by atoms with van der Waals surface area (Å²) < 4.78 is 6.52. The third-order valence-electron chi connectivity index (χ3n) is 5.07. The van der Waals surface area contributed by atoms with Crippen LogP contribution in [0.25, 0.3) is 0 Å². The van der Waals surface area contributed by atoms with Crippen LogP contribution in [0.5, 0.6) is 5.75 Å². The van der Waals surface area contributed by atoms with Crippen LogP contribution in [0.1, 0.15) is 44.7 Å². The molecule has 0 aliphatic rings. The fourth-order valence-corrected chi connectivity index (χ4v) is 3.91. The van der Waals surface area contributed by atoms with E-state index < -0.39 is 6.04 Å². The van der Waals surface area contributed by atoms with E-state index in [1.807, 2.05) is 52.0 Å². The van der Waals surface area contributed by atoms with Crippen molar-refractivity contribution in [2.75, 3.05) is 6.61 Å². The van der Waals surface area contributed by atoms with Gasteiger partial charge in [-0.05, 0) is 50.5 Å². The highest BCUT2D eigenvalue weighted by molar-refractivity contribution is 9.10. The molecule has 7 heteroatoms. The lowest BCUT2D eigenvalue weighted by Gasteiger charge is -2.31. The maximum Gasteiger partial charge on any atom is 0.261 e. The number of hydrogen-bond acceptors (Lipinski definition) is 3. The van der Waals surface area contributed by atoms with Gasteiger partial charge in [-0.2, -0.15) is 0 Å². The number of nitrogens with one attached hydrogen (secondary N) is 1. The minimum absolute atomic E-state index is 0.0373. The Bertz CT molecular complexity index is 906. The number of carbonyl (C=O) groups is 2. The van der Waals surface area contributed by atoms with Crippen LogP contribution in [0.4, 0.5) is 0 Å². The normalized spacial score (nSPS) is 12.7. The number of rotatable bonds is 10. The molecule has 2 unspecified atom stereocenters. The van der Waals surface area contributed by atoms with E-state index in [0.29, 0.717) is 23.7 Å². The van der Waals surface area contributed by atoms with Crippen LogP contribution in [-0.2, 0) is 16.1 Å². The second-order valence-electron chi connectivity index (χ2n) is 7.62. The van der Waals surface area contributed by atoms with Crippen molar-refractivity contribution in [3.05, 3.63) is 63.1 Å². The van der Waals surface area contributed by atoms with Gasteiger partial charge in [0.05, 0.1) is 5.02 Å². The van der Waals surface area contributed by atoms with Crippen LogP contribution in [-0.4, -0.2) is 35.4 Å². The first-order valence-corrected chi connectivity index (χ1v) is 11.6. The fraction of sp³-hybridized carbons (Fsp3) is 0.417. The van der Waals surface area contributed by atoms with Crippen LogP contribution in [0.15, 0.2) is 46.9 Å². The highest BCUT2D eigenvalue weighted by Gasteiger charge is 2.29. The molecule has 2 atom stereocenters. The van der Waals surface area contributed by atoms with E-state index >= 15 is 0 Å². The lowest BCUT2D eigenvalue weighted by molar-refractivity contribution is -0.143. The number of ether oxygens (including phenoxy) is 1. The number of halogens is 2. The number of carbonyl (C=O) groups excluding carboxylic acids is 2. The molecule has 0 saturated carbocycles. The van der Waals surface area contributed by atoms with Gasteiger partial charge in [0.25, 0.3) is 5.91 Å². The van der Waals surface area contributed by atoms with Crippen LogP contribution >= 0.6 is 27.5 Å². The van der Waals surface area contributed by atoms with Gasteiger partial charge in [-0.15, -0.1) is 0 Å². The molecule has 2 aromatic carbocycles. The Labute approximate surface area is 198 Å². The van der Waals surface area contributed by atoms with Crippen molar-refractivity contribution in [3.63, 3.8) is 0 Å². The number of amides is 2. The molecule has 31 heavy (non-hydrogen) atoms. The van der Waals surface area contributed by atoms with Crippen molar-refractivity contribution >= 4 is 39.3 Å². The maximum absolute atomic E-state index is 13.2. The van der Waals surface area contributed by atoms with E-state index in [4.69, 9.17) is 16.3 Å². The van der Waals surface area contributed by atoms with Gasteiger partial charge in [0.1, 0.15) is 11.8 Å². The molecule has 2 aromatic rings. The molecule has 1 N–H and O–H groups in total. The lowest BCUT2D eigenvalue weighted by Crippen LogP contribution is -2.51. The Hall–Kier alpha value is -2.05. The molecule has 168 valence electrons. The molecule has 0 fully saturated rings. The van der Waals surface area contributed by atoms with Gasteiger partial charge in [-0.1, -0.05) is 71.2 Å². The first kappa shape index (κ1) is 25.2. The quantitative estimate of drug-likeness (QED) is 0.459. The molecule has 2 rings (SSSR count). The molecule has 0 spiro atoms. The SMILES string of the molecule is CCC(C)NC(=O)C(CC)N(Cc1cccc(C)c1)C(=O)COc1ccc(Br)cc1Cl. The molecule has 0 aromatic heterocycles.